The van der Waals surface area contributed by atoms with E-state index in [1.54, 1.807) is 0 Å². The van der Waals surface area contributed by atoms with Crippen molar-refractivity contribution in [3.63, 3.8) is 0 Å². The van der Waals surface area contributed by atoms with Gasteiger partial charge in [-0.15, -0.1) is 0 Å². The van der Waals surface area contributed by atoms with Crippen LogP contribution in [0.15, 0.2) is 0 Å². The van der Waals surface area contributed by atoms with Gasteiger partial charge < -0.3 is 4.90 Å². The molecule has 1 heterocycles. The van der Waals surface area contributed by atoms with Gasteiger partial charge >= 0.3 is 0 Å². The van der Waals surface area contributed by atoms with Gasteiger partial charge in [0.15, 0.2) is 0 Å². The van der Waals surface area contributed by atoms with Gasteiger partial charge in [0.05, 0.1) is 6.54 Å². The Balaban J connectivity index is 2.30. The van der Waals surface area contributed by atoms with Crippen molar-refractivity contribution in [1.82, 2.24) is 15.1 Å². The first-order valence-electron chi connectivity index (χ1n) is 5.41. The summed E-state index contributed by atoms with van der Waals surface area (Å²) in [7, 11) is 0. The van der Waals surface area contributed by atoms with Crippen molar-refractivity contribution in [3.8, 4) is 0 Å². The quantitative estimate of drug-likeness (QED) is 0.626. The molecule has 1 aliphatic heterocycles. The Hall–Kier alpha value is -0.610. The third kappa shape index (κ3) is 3.27. The zero-order valence-corrected chi connectivity index (χ0v) is 9.20. The van der Waals surface area contributed by atoms with Crippen molar-refractivity contribution in [3.05, 3.63) is 0 Å². The second-order valence-corrected chi connectivity index (χ2v) is 3.51. The fourth-order valence-electron chi connectivity index (χ4n) is 1.67. The van der Waals surface area contributed by atoms with Gasteiger partial charge in [-0.05, 0) is 13.8 Å². The lowest BCUT2D eigenvalue weighted by Crippen LogP contribution is -2.46. The molecule has 1 radical (unpaired) electrons. The van der Waals surface area contributed by atoms with Crippen LogP contribution in [0.25, 0.3) is 0 Å². The molecule has 0 aliphatic carbocycles. The molecule has 1 amide bonds. The molecule has 0 aromatic carbocycles. The normalized spacial score (nSPS) is 18.1. The Morgan fingerprint density at radius 1 is 1.29 bits per heavy atom. The molecule has 1 aliphatic rings. The summed E-state index contributed by atoms with van der Waals surface area (Å²) in [6, 6.07) is 0. The molecular formula is C10H20N3O. The van der Waals surface area contributed by atoms with Crippen LogP contribution in [0.5, 0.6) is 0 Å². The van der Waals surface area contributed by atoms with Crippen LogP contribution in [0.4, 0.5) is 0 Å². The number of piperazine rings is 1. The molecule has 1 fully saturated rings. The zero-order valence-electron chi connectivity index (χ0n) is 9.20. The van der Waals surface area contributed by atoms with Gasteiger partial charge in [0.2, 0.25) is 5.91 Å². The highest BCUT2D eigenvalue weighted by molar-refractivity contribution is 5.78. The summed E-state index contributed by atoms with van der Waals surface area (Å²) in [6.07, 6.45) is 0. The number of carbonyl (C=O) groups is 1. The molecule has 1 saturated heterocycles. The third-order valence-corrected chi connectivity index (χ3v) is 2.62. The molecule has 0 spiro atoms. The Kier molecular flexibility index (Phi) is 4.90. The van der Waals surface area contributed by atoms with Crippen molar-refractivity contribution in [2.24, 2.45) is 0 Å². The number of carbonyl (C=O) groups excluding carboxylic acids is 1. The molecule has 1 rings (SSSR count). The highest BCUT2D eigenvalue weighted by atomic mass is 16.2. The van der Waals surface area contributed by atoms with Crippen molar-refractivity contribution in [2.75, 3.05) is 45.8 Å². The van der Waals surface area contributed by atoms with Crippen LogP contribution in [-0.4, -0.2) is 61.5 Å². The number of rotatable bonds is 4. The van der Waals surface area contributed by atoms with E-state index in [1.807, 2.05) is 18.7 Å². The van der Waals surface area contributed by atoms with E-state index in [2.05, 4.69) is 10.2 Å². The molecule has 4 heteroatoms. The minimum Gasteiger partial charge on any atom is -0.342 e. The topological polar surface area (TPSA) is 37.7 Å². The van der Waals surface area contributed by atoms with E-state index in [0.29, 0.717) is 6.54 Å². The zero-order chi connectivity index (χ0) is 10.4. The smallest absolute Gasteiger partial charge is 0.236 e. The van der Waals surface area contributed by atoms with E-state index in [4.69, 9.17) is 0 Å². The summed E-state index contributed by atoms with van der Waals surface area (Å²) in [4.78, 5) is 15.8. The van der Waals surface area contributed by atoms with Gasteiger partial charge in [-0.25, -0.2) is 5.32 Å². The first-order valence-corrected chi connectivity index (χ1v) is 5.41. The van der Waals surface area contributed by atoms with Crippen LogP contribution in [-0.2, 0) is 4.79 Å². The van der Waals surface area contributed by atoms with E-state index in [1.165, 1.54) is 0 Å². The Labute approximate surface area is 86.2 Å². The van der Waals surface area contributed by atoms with Crippen LogP contribution < -0.4 is 5.32 Å². The highest BCUT2D eigenvalue weighted by Gasteiger charge is 2.16. The molecule has 0 unspecified atom stereocenters. The predicted molar refractivity (Wildman–Crippen MR) is 56.2 cm³/mol. The number of likely N-dealkylation sites (N-methyl/N-ethyl adjacent to an activating group) is 1. The summed E-state index contributed by atoms with van der Waals surface area (Å²) < 4.78 is 0. The van der Waals surface area contributed by atoms with Crippen LogP contribution in [0.3, 0.4) is 0 Å². The molecular weight excluding hydrogens is 178 g/mol. The summed E-state index contributed by atoms with van der Waals surface area (Å²) >= 11 is 0. The van der Waals surface area contributed by atoms with Crippen molar-refractivity contribution >= 4 is 5.91 Å². The van der Waals surface area contributed by atoms with Crippen LogP contribution in [0.1, 0.15) is 13.8 Å². The lowest BCUT2D eigenvalue weighted by molar-refractivity contribution is -0.132. The molecule has 4 nitrogen and oxygen atoms in total. The monoisotopic (exact) mass is 198 g/mol. The van der Waals surface area contributed by atoms with Gasteiger partial charge in [0.25, 0.3) is 0 Å². The van der Waals surface area contributed by atoms with Crippen LogP contribution in [0.2, 0.25) is 0 Å². The SMILES string of the molecule is CCN(CC)C(=O)CN1CC[N]CC1. The minimum absolute atomic E-state index is 0.247. The lowest BCUT2D eigenvalue weighted by atomic mass is 10.3. The third-order valence-electron chi connectivity index (χ3n) is 2.62. The largest absolute Gasteiger partial charge is 0.342 e. The van der Waals surface area contributed by atoms with E-state index in [9.17, 15) is 4.79 Å². The summed E-state index contributed by atoms with van der Waals surface area (Å²) in [6.45, 7) is 9.87. The number of nitrogens with zero attached hydrogens (tertiary/aromatic N) is 3. The first-order chi connectivity index (χ1) is 6.77. The minimum atomic E-state index is 0.247. The fourth-order valence-corrected chi connectivity index (χ4v) is 1.67. The average Bonchev–Trinajstić information content (AvgIpc) is 2.21. The Bertz CT molecular complexity index is 174. The Morgan fingerprint density at radius 3 is 2.36 bits per heavy atom. The van der Waals surface area contributed by atoms with Crippen LogP contribution in [0, 0.1) is 0 Å². The van der Waals surface area contributed by atoms with E-state index >= 15 is 0 Å². The number of hydrogen-bond acceptors (Lipinski definition) is 2. The highest BCUT2D eigenvalue weighted by Crippen LogP contribution is 1.96. The second-order valence-electron chi connectivity index (χ2n) is 3.51. The summed E-state index contributed by atoms with van der Waals surface area (Å²) in [5, 5.41) is 4.25. The molecule has 14 heavy (non-hydrogen) atoms. The Morgan fingerprint density at radius 2 is 1.86 bits per heavy atom. The predicted octanol–water partition coefficient (Wildman–Crippen LogP) is -0.225. The summed E-state index contributed by atoms with van der Waals surface area (Å²) in [5.41, 5.74) is 0. The van der Waals surface area contributed by atoms with Crippen molar-refractivity contribution in [2.45, 2.75) is 13.8 Å². The lowest BCUT2D eigenvalue weighted by Gasteiger charge is -2.28. The molecule has 0 saturated carbocycles. The van der Waals surface area contributed by atoms with E-state index in [0.717, 1.165) is 39.3 Å². The van der Waals surface area contributed by atoms with Gasteiger partial charge in [0, 0.05) is 39.3 Å². The first kappa shape index (κ1) is 11.5. The molecule has 0 aromatic rings. The van der Waals surface area contributed by atoms with Gasteiger partial charge in [-0.2, -0.15) is 0 Å². The van der Waals surface area contributed by atoms with Crippen LogP contribution >= 0.6 is 0 Å². The van der Waals surface area contributed by atoms with E-state index < -0.39 is 0 Å². The molecule has 0 N–H and O–H groups in total. The maximum atomic E-state index is 11.7. The molecule has 0 bridgehead atoms. The van der Waals surface area contributed by atoms with Crippen molar-refractivity contribution < 1.29 is 4.79 Å². The molecule has 0 atom stereocenters. The maximum Gasteiger partial charge on any atom is 0.236 e. The van der Waals surface area contributed by atoms with E-state index in [-0.39, 0.29) is 5.91 Å². The summed E-state index contributed by atoms with van der Waals surface area (Å²) in [5.74, 6) is 0.247. The maximum absolute atomic E-state index is 11.7. The molecule has 81 valence electrons. The van der Waals surface area contributed by atoms with Gasteiger partial charge in [-0.3, -0.25) is 9.69 Å². The standard InChI is InChI=1S/C10H20N3O/c1-3-13(4-2)10(14)9-12-7-5-11-6-8-12/h3-9H2,1-2H3. The van der Waals surface area contributed by atoms with Gasteiger partial charge in [0.1, 0.15) is 0 Å². The fraction of sp³-hybridized carbons (Fsp3) is 0.900. The second kappa shape index (κ2) is 5.98. The average molecular weight is 198 g/mol. The van der Waals surface area contributed by atoms with Gasteiger partial charge in [-0.1, -0.05) is 0 Å². The van der Waals surface area contributed by atoms with Crippen molar-refractivity contribution in [1.29, 1.82) is 0 Å². The molecule has 0 aromatic heterocycles. The number of hydrogen-bond donors (Lipinski definition) is 0. The number of amides is 1.